The zero-order chi connectivity index (χ0) is 17.6. The minimum Gasteiger partial charge on any atom is -0.392 e. The predicted octanol–water partition coefficient (Wildman–Crippen LogP) is 4.00. The van der Waals surface area contributed by atoms with Crippen LogP contribution in [0.4, 0.5) is 5.82 Å². The van der Waals surface area contributed by atoms with Crippen molar-refractivity contribution in [1.82, 2.24) is 9.55 Å². The molecule has 1 aliphatic rings. The van der Waals surface area contributed by atoms with E-state index in [9.17, 15) is 10.1 Å². The van der Waals surface area contributed by atoms with Crippen LogP contribution >= 0.6 is 0 Å². The Kier molecular flexibility index (Phi) is 5.60. The van der Waals surface area contributed by atoms with Crippen LogP contribution in [0.25, 0.3) is 12.2 Å². The summed E-state index contributed by atoms with van der Waals surface area (Å²) in [7, 11) is 0. The average molecular weight is 341 g/mol. The SMILES string of the molecule is O=[N+]([O-])c1cnc(/C=C/c2ccc(C3CCCCC3)cc2)n1CCO. The fraction of sp³-hybridized carbons (Fsp3) is 0.421. The molecule has 1 aromatic carbocycles. The largest absolute Gasteiger partial charge is 0.392 e. The molecule has 1 fully saturated rings. The van der Waals surface area contributed by atoms with Crippen molar-refractivity contribution in [3.05, 3.63) is 57.5 Å². The lowest BCUT2D eigenvalue weighted by molar-refractivity contribution is -0.392. The van der Waals surface area contributed by atoms with Crippen LogP contribution in [0.2, 0.25) is 0 Å². The number of hydrogen-bond donors (Lipinski definition) is 1. The molecule has 25 heavy (non-hydrogen) atoms. The van der Waals surface area contributed by atoms with E-state index >= 15 is 0 Å². The van der Waals surface area contributed by atoms with Gasteiger partial charge >= 0.3 is 5.82 Å². The quantitative estimate of drug-likeness (QED) is 0.636. The number of aromatic nitrogens is 2. The van der Waals surface area contributed by atoms with Crippen molar-refractivity contribution in [2.75, 3.05) is 6.61 Å². The highest BCUT2D eigenvalue weighted by molar-refractivity contribution is 5.67. The minimum absolute atomic E-state index is 0.110. The molecule has 0 atom stereocenters. The van der Waals surface area contributed by atoms with Gasteiger partial charge in [0.25, 0.3) is 0 Å². The molecule has 0 saturated heterocycles. The first-order chi connectivity index (χ1) is 12.2. The molecule has 0 unspecified atom stereocenters. The van der Waals surface area contributed by atoms with E-state index in [1.54, 1.807) is 6.08 Å². The Labute approximate surface area is 147 Å². The van der Waals surface area contributed by atoms with Gasteiger partial charge in [-0.25, -0.2) is 9.55 Å². The Morgan fingerprint density at radius 3 is 2.56 bits per heavy atom. The molecule has 0 aliphatic heterocycles. The van der Waals surface area contributed by atoms with Crippen LogP contribution < -0.4 is 0 Å². The van der Waals surface area contributed by atoms with Crippen molar-refractivity contribution in [3.63, 3.8) is 0 Å². The van der Waals surface area contributed by atoms with Gasteiger partial charge in [-0.15, -0.1) is 0 Å². The molecule has 1 heterocycles. The molecule has 2 aromatic rings. The van der Waals surface area contributed by atoms with E-state index in [2.05, 4.69) is 29.2 Å². The topological polar surface area (TPSA) is 81.2 Å². The number of hydrogen-bond acceptors (Lipinski definition) is 4. The minimum atomic E-state index is -0.487. The molecule has 6 nitrogen and oxygen atoms in total. The highest BCUT2D eigenvalue weighted by Crippen LogP contribution is 2.32. The van der Waals surface area contributed by atoms with Gasteiger partial charge < -0.3 is 15.2 Å². The molecule has 0 bridgehead atoms. The summed E-state index contributed by atoms with van der Waals surface area (Å²) in [5.74, 6) is 1.04. The summed E-state index contributed by atoms with van der Waals surface area (Å²) in [4.78, 5) is 14.6. The molecule has 0 amide bonds. The molecule has 1 N–H and O–H groups in total. The zero-order valence-corrected chi connectivity index (χ0v) is 14.2. The van der Waals surface area contributed by atoms with E-state index in [1.807, 2.05) is 6.08 Å². The van der Waals surface area contributed by atoms with Crippen LogP contribution in [-0.4, -0.2) is 26.2 Å². The maximum atomic E-state index is 11.0. The van der Waals surface area contributed by atoms with Gasteiger partial charge in [-0.2, -0.15) is 0 Å². The number of aliphatic hydroxyl groups excluding tert-OH is 1. The van der Waals surface area contributed by atoms with E-state index < -0.39 is 4.92 Å². The summed E-state index contributed by atoms with van der Waals surface area (Å²) in [6.45, 7) is -0.0231. The van der Waals surface area contributed by atoms with E-state index in [0.29, 0.717) is 11.7 Å². The first-order valence-corrected chi connectivity index (χ1v) is 8.78. The third-order valence-electron chi connectivity index (χ3n) is 4.81. The Morgan fingerprint density at radius 2 is 1.92 bits per heavy atom. The lowest BCUT2D eigenvalue weighted by atomic mass is 9.84. The third kappa shape index (κ3) is 4.14. The van der Waals surface area contributed by atoms with Gasteiger partial charge in [0, 0.05) is 6.08 Å². The number of benzene rings is 1. The standard InChI is InChI=1S/C19H23N3O3/c23-13-12-21-18(20-14-19(21)22(24)25)11-8-15-6-9-17(10-7-15)16-4-2-1-3-5-16/h6-11,14,16,23H,1-5,12-13H2/b11-8+. The van der Waals surface area contributed by atoms with Crippen molar-refractivity contribution in [1.29, 1.82) is 0 Å². The second-order valence-electron chi connectivity index (χ2n) is 6.44. The van der Waals surface area contributed by atoms with Crippen molar-refractivity contribution in [2.24, 2.45) is 0 Å². The maximum Gasteiger partial charge on any atom is 0.343 e. The summed E-state index contributed by atoms with van der Waals surface area (Å²) in [6.07, 6.45) is 11.4. The first kappa shape index (κ1) is 17.4. The number of nitrogens with zero attached hydrogens (tertiary/aromatic N) is 3. The van der Waals surface area contributed by atoms with Crippen molar-refractivity contribution in [2.45, 2.75) is 44.6 Å². The van der Waals surface area contributed by atoms with E-state index in [0.717, 1.165) is 5.56 Å². The lowest BCUT2D eigenvalue weighted by Gasteiger charge is -2.21. The number of nitro groups is 1. The van der Waals surface area contributed by atoms with Crippen molar-refractivity contribution < 1.29 is 10.0 Å². The zero-order valence-electron chi connectivity index (χ0n) is 14.2. The summed E-state index contributed by atoms with van der Waals surface area (Å²) in [5.41, 5.74) is 2.43. The molecule has 132 valence electrons. The molecular formula is C19H23N3O3. The molecule has 1 aliphatic carbocycles. The number of aliphatic hydroxyl groups is 1. The number of rotatable bonds is 6. The van der Waals surface area contributed by atoms with E-state index in [4.69, 9.17) is 5.11 Å². The second kappa shape index (κ2) is 8.07. The number of imidazole rings is 1. The van der Waals surface area contributed by atoms with Gasteiger partial charge in [-0.1, -0.05) is 43.5 Å². The molecular weight excluding hydrogens is 318 g/mol. The highest BCUT2D eigenvalue weighted by Gasteiger charge is 2.18. The summed E-state index contributed by atoms with van der Waals surface area (Å²) >= 11 is 0. The molecule has 0 radical (unpaired) electrons. The second-order valence-corrected chi connectivity index (χ2v) is 6.44. The van der Waals surface area contributed by atoms with Crippen LogP contribution in [0.3, 0.4) is 0 Å². The molecule has 1 saturated carbocycles. The Balaban J connectivity index is 1.74. The molecule has 1 aromatic heterocycles. The van der Waals surface area contributed by atoms with Crippen LogP contribution in [0.15, 0.2) is 30.5 Å². The Morgan fingerprint density at radius 1 is 1.20 bits per heavy atom. The van der Waals surface area contributed by atoms with Gasteiger partial charge in [0.2, 0.25) is 5.82 Å². The average Bonchev–Trinajstić information content (AvgIpc) is 3.04. The summed E-state index contributed by atoms with van der Waals surface area (Å²) < 4.78 is 1.41. The highest BCUT2D eigenvalue weighted by atomic mass is 16.6. The molecule has 6 heteroatoms. The predicted molar refractivity (Wildman–Crippen MR) is 97.2 cm³/mol. The van der Waals surface area contributed by atoms with Gasteiger partial charge in [-0.3, -0.25) is 0 Å². The molecule has 0 spiro atoms. The van der Waals surface area contributed by atoms with Gasteiger partial charge in [0.1, 0.15) is 12.7 Å². The van der Waals surface area contributed by atoms with Gasteiger partial charge in [0.15, 0.2) is 0 Å². The van der Waals surface area contributed by atoms with Crippen LogP contribution in [0.1, 0.15) is 55.0 Å². The summed E-state index contributed by atoms with van der Waals surface area (Å²) in [6, 6.07) is 8.51. The Bertz CT molecular complexity index is 744. The fourth-order valence-electron chi connectivity index (χ4n) is 3.47. The maximum absolute atomic E-state index is 11.0. The fourth-order valence-corrected chi connectivity index (χ4v) is 3.47. The van der Waals surface area contributed by atoms with Crippen molar-refractivity contribution >= 4 is 18.0 Å². The molecule has 3 rings (SSSR count). The van der Waals surface area contributed by atoms with Crippen LogP contribution in [0, 0.1) is 10.1 Å². The summed E-state index contributed by atoms with van der Waals surface area (Å²) in [5, 5.41) is 20.1. The van der Waals surface area contributed by atoms with Gasteiger partial charge in [-0.05, 0) is 40.9 Å². The third-order valence-corrected chi connectivity index (χ3v) is 4.81. The van der Waals surface area contributed by atoms with E-state index in [-0.39, 0.29) is 19.0 Å². The lowest BCUT2D eigenvalue weighted by Crippen LogP contribution is -2.07. The van der Waals surface area contributed by atoms with Crippen LogP contribution in [0.5, 0.6) is 0 Å². The van der Waals surface area contributed by atoms with Crippen molar-refractivity contribution in [3.8, 4) is 0 Å². The van der Waals surface area contributed by atoms with Gasteiger partial charge in [0.05, 0.1) is 6.61 Å². The van der Waals surface area contributed by atoms with E-state index in [1.165, 1.54) is 48.4 Å². The first-order valence-electron chi connectivity index (χ1n) is 8.78. The Hall–Kier alpha value is -2.47. The smallest absolute Gasteiger partial charge is 0.343 e. The normalized spacial score (nSPS) is 15.7. The van der Waals surface area contributed by atoms with Crippen LogP contribution in [-0.2, 0) is 6.54 Å². The monoisotopic (exact) mass is 341 g/mol.